The number of carbonyl (C=O) groups excluding carboxylic acids is 1. The number of nitrogens with two attached hydrogens (primary N) is 1. The van der Waals surface area contributed by atoms with Crippen molar-refractivity contribution in [3.05, 3.63) is 89.5 Å². The SMILES string of the molecule is CN(Cc1cn(-c2ccccc2)nc1-c1ccc(Cl)cc1)C(=O)c1nccnc1N. The summed E-state index contributed by atoms with van der Waals surface area (Å²) < 4.78 is 1.80. The lowest BCUT2D eigenvalue weighted by Crippen LogP contribution is -2.28. The van der Waals surface area contributed by atoms with Crippen molar-refractivity contribution >= 4 is 23.3 Å². The van der Waals surface area contributed by atoms with Crippen LogP contribution >= 0.6 is 11.6 Å². The number of aromatic nitrogens is 4. The summed E-state index contributed by atoms with van der Waals surface area (Å²) in [4.78, 5) is 22.4. The average Bonchev–Trinajstić information content (AvgIpc) is 3.18. The van der Waals surface area contributed by atoms with E-state index in [2.05, 4.69) is 9.97 Å². The van der Waals surface area contributed by atoms with Crippen molar-refractivity contribution in [1.82, 2.24) is 24.6 Å². The van der Waals surface area contributed by atoms with Crippen LogP contribution in [0.3, 0.4) is 0 Å². The Morgan fingerprint density at radius 1 is 1.07 bits per heavy atom. The van der Waals surface area contributed by atoms with Gasteiger partial charge in [0.1, 0.15) is 0 Å². The highest BCUT2D eigenvalue weighted by atomic mass is 35.5. The third-order valence-electron chi connectivity index (χ3n) is 4.61. The van der Waals surface area contributed by atoms with Gasteiger partial charge in [0.25, 0.3) is 5.91 Å². The van der Waals surface area contributed by atoms with Gasteiger partial charge < -0.3 is 10.6 Å². The van der Waals surface area contributed by atoms with Crippen LogP contribution in [0.4, 0.5) is 5.82 Å². The first-order valence-electron chi connectivity index (χ1n) is 9.25. The summed E-state index contributed by atoms with van der Waals surface area (Å²) in [6.07, 6.45) is 4.82. The number of halogens is 1. The number of amides is 1. The normalized spacial score (nSPS) is 10.7. The standard InChI is InChI=1S/C22H19ClN6O/c1-28(22(30)20-21(24)26-12-11-25-20)13-16-14-29(18-5-3-2-4-6-18)27-19(16)15-7-9-17(23)10-8-15/h2-12,14H,13H2,1H3,(H2,24,26). The minimum Gasteiger partial charge on any atom is -0.382 e. The summed E-state index contributed by atoms with van der Waals surface area (Å²) in [5, 5.41) is 5.41. The average molecular weight is 419 g/mol. The number of hydrogen-bond acceptors (Lipinski definition) is 5. The van der Waals surface area contributed by atoms with Crippen LogP contribution < -0.4 is 5.73 Å². The first kappa shape index (κ1) is 19.6. The fourth-order valence-electron chi connectivity index (χ4n) is 3.11. The van der Waals surface area contributed by atoms with Crippen molar-refractivity contribution in [2.75, 3.05) is 12.8 Å². The number of carbonyl (C=O) groups is 1. The number of hydrogen-bond donors (Lipinski definition) is 1. The molecule has 8 heteroatoms. The molecule has 0 radical (unpaired) electrons. The Kier molecular flexibility index (Phi) is 5.45. The molecule has 0 fully saturated rings. The van der Waals surface area contributed by atoms with Crippen LogP contribution in [0.2, 0.25) is 5.02 Å². The molecule has 2 N–H and O–H groups in total. The third kappa shape index (κ3) is 4.01. The molecule has 2 aromatic heterocycles. The molecule has 0 saturated heterocycles. The highest BCUT2D eigenvalue weighted by molar-refractivity contribution is 6.30. The molecule has 0 saturated carbocycles. The fourth-order valence-corrected chi connectivity index (χ4v) is 3.24. The Balaban J connectivity index is 1.70. The molecule has 2 aromatic carbocycles. The summed E-state index contributed by atoms with van der Waals surface area (Å²) in [6.45, 7) is 0.319. The number of nitrogens with zero attached hydrogens (tertiary/aromatic N) is 5. The van der Waals surface area contributed by atoms with E-state index in [1.54, 1.807) is 16.6 Å². The molecule has 4 aromatic rings. The molecule has 4 rings (SSSR count). The van der Waals surface area contributed by atoms with Gasteiger partial charge in [-0.1, -0.05) is 41.9 Å². The molecular formula is C22H19ClN6O. The number of anilines is 1. The van der Waals surface area contributed by atoms with Gasteiger partial charge in [0.15, 0.2) is 11.5 Å². The molecule has 0 aliphatic rings. The molecule has 2 heterocycles. The van der Waals surface area contributed by atoms with E-state index in [9.17, 15) is 4.79 Å². The van der Waals surface area contributed by atoms with Crippen molar-refractivity contribution in [3.63, 3.8) is 0 Å². The molecule has 7 nitrogen and oxygen atoms in total. The minimum atomic E-state index is -0.310. The van der Waals surface area contributed by atoms with E-state index in [0.717, 1.165) is 22.5 Å². The smallest absolute Gasteiger partial charge is 0.276 e. The van der Waals surface area contributed by atoms with Gasteiger partial charge in [-0.25, -0.2) is 14.6 Å². The highest BCUT2D eigenvalue weighted by Gasteiger charge is 2.20. The van der Waals surface area contributed by atoms with Gasteiger partial charge in [-0.3, -0.25) is 4.79 Å². The molecule has 0 bridgehead atoms. The Hall–Kier alpha value is -3.71. The maximum Gasteiger partial charge on any atom is 0.276 e. The van der Waals surface area contributed by atoms with Crippen LogP contribution in [0.15, 0.2) is 73.2 Å². The number of nitrogen functional groups attached to an aromatic ring is 1. The fraction of sp³-hybridized carbons (Fsp3) is 0.0909. The van der Waals surface area contributed by atoms with Crippen molar-refractivity contribution in [1.29, 1.82) is 0 Å². The summed E-state index contributed by atoms with van der Waals surface area (Å²) in [6, 6.07) is 17.2. The first-order valence-corrected chi connectivity index (χ1v) is 9.62. The Morgan fingerprint density at radius 3 is 2.47 bits per heavy atom. The van der Waals surface area contributed by atoms with E-state index in [4.69, 9.17) is 22.4 Å². The predicted molar refractivity (Wildman–Crippen MR) is 116 cm³/mol. The van der Waals surface area contributed by atoms with E-state index < -0.39 is 0 Å². The monoisotopic (exact) mass is 418 g/mol. The van der Waals surface area contributed by atoms with E-state index in [1.807, 2.05) is 60.8 Å². The maximum absolute atomic E-state index is 12.8. The topological polar surface area (TPSA) is 89.9 Å². The lowest BCUT2D eigenvalue weighted by molar-refractivity contribution is 0.0780. The number of para-hydroxylation sites is 1. The first-order chi connectivity index (χ1) is 14.5. The molecule has 1 amide bonds. The maximum atomic E-state index is 12.8. The molecule has 0 aliphatic heterocycles. The highest BCUT2D eigenvalue weighted by Crippen LogP contribution is 2.26. The Morgan fingerprint density at radius 2 is 1.77 bits per heavy atom. The number of rotatable bonds is 5. The predicted octanol–water partition coefficient (Wildman–Crippen LogP) is 3.84. The lowest BCUT2D eigenvalue weighted by atomic mass is 10.1. The van der Waals surface area contributed by atoms with Gasteiger partial charge in [0.05, 0.1) is 11.4 Å². The third-order valence-corrected chi connectivity index (χ3v) is 4.86. The molecule has 0 aliphatic carbocycles. The summed E-state index contributed by atoms with van der Waals surface area (Å²) in [7, 11) is 1.70. The van der Waals surface area contributed by atoms with Crippen LogP contribution in [0.25, 0.3) is 16.9 Å². The van der Waals surface area contributed by atoms with Gasteiger partial charge >= 0.3 is 0 Å². The van der Waals surface area contributed by atoms with Crippen LogP contribution in [-0.2, 0) is 6.54 Å². The Labute approximate surface area is 178 Å². The van der Waals surface area contributed by atoms with Gasteiger partial charge in [-0.15, -0.1) is 0 Å². The van der Waals surface area contributed by atoms with Gasteiger partial charge in [-0.2, -0.15) is 5.10 Å². The van der Waals surface area contributed by atoms with Gasteiger partial charge in [0, 0.05) is 48.3 Å². The molecule has 0 atom stereocenters. The molecule has 150 valence electrons. The second-order valence-electron chi connectivity index (χ2n) is 6.74. The quantitative estimate of drug-likeness (QED) is 0.531. The van der Waals surface area contributed by atoms with Crippen molar-refractivity contribution in [3.8, 4) is 16.9 Å². The van der Waals surface area contributed by atoms with E-state index in [-0.39, 0.29) is 17.4 Å². The second kappa shape index (κ2) is 8.34. The zero-order valence-electron chi connectivity index (χ0n) is 16.2. The number of benzene rings is 2. The van der Waals surface area contributed by atoms with Crippen molar-refractivity contribution in [2.45, 2.75) is 6.54 Å². The van der Waals surface area contributed by atoms with Crippen LogP contribution in [0.5, 0.6) is 0 Å². The lowest BCUT2D eigenvalue weighted by Gasteiger charge is -2.17. The van der Waals surface area contributed by atoms with Gasteiger partial charge in [0.2, 0.25) is 0 Å². The minimum absolute atomic E-state index is 0.104. The van der Waals surface area contributed by atoms with E-state index >= 15 is 0 Å². The second-order valence-corrected chi connectivity index (χ2v) is 7.18. The molecule has 0 unspecified atom stereocenters. The molecular weight excluding hydrogens is 400 g/mol. The van der Waals surface area contributed by atoms with Crippen molar-refractivity contribution in [2.24, 2.45) is 0 Å². The van der Waals surface area contributed by atoms with Crippen molar-refractivity contribution < 1.29 is 4.79 Å². The van der Waals surface area contributed by atoms with Crippen LogP contribution in [0, 0.1) is 0 Å². The Bertz CT molecular complexity index is 1170. The largest absolute Gasteiger partial charge is 0.382 e. The van der Waals surface area contributed by atoms with Gasteiger partial charge in [-0.05, 0) is 24.3 Å². The zero-order valence-corrected chi connectivity index (χ0v) is 17.0. The van der Waals surface area contributed by atoms with E-state index in [0.29, 0.717) is 11.6 Å². The van der Waals surface area contributed by atoms with E-state index in [1.165, 1.54) is 12.4 Å². The molecule has 0 spiro atoms. The summed E-state index contributed by atoms with van der Waals surface area (Å²) >= 11 is 6.05. The van der Waals surface area contributed by atoms with Crippen LogP contribution in [0.1, 0.15) is 16.1 Å². The molecule has 30 heavy (non-hydrogen) atoms. The summed E-state index contributed by atoms with van der Waals surface area (Å²) in [5.74, 6) is -0.206. The summed E-state index contributed by atoms with van der Waals surface area (Å²) in [5.41, 5.74) is 9.42. The zero-order chi connectivity index (χ0) is 21.1. The van der Waals surface area contributed by atoms with Crippen LogP contribution in [-0.4, -0.2) is 37.6 Å².